The number of aliphatic carboxylic acids is 1. The van der Waals surface area contributed by atoms with Crippen LogP contribution in [0.1, 0.15) is 24.8 Å². The zero-order valence-corrected chi connectivity index (χ0v) is 12.3. The van der Waals surface area contributed by atoms with Gasteiger partial charge in [-0.15, -0.1) is 0 Å². The van der Waals surface area contributed by atoms with Gasteiger partial charge in [-0.25, -0.2) is 4.79 Å². The Morgan fingerprint density at radius 2 is 2.05 bits per heavy atom. The molecule has 0 amide bonds. The smallest absolute Gasteiger partial charge is 0.341 e. The van der Waals surface area contributed by atoms with Crippen molar-refractivity contribution in [2.75, 3.05) is 26.9 Å². The van der Waals surface area contributed by atoms with E-state index >= 15 is 0 Å². The lowest BCUT2D eigenvalue weighted by Gasteiger charge is -2.11. The van der Waals surface area contributed by atoms with Gasteiger partial charge in [0.2, 0.25) is 0 Å². The van der Waals surface area contributed by atoms with Crippen molar-refractivity contribution in [3.63, 3.8) is 0 Å². The lowest BCUT2D eigenvalue weighted by atomic mass is 10.2. The van der Waals surface area contributed by atoms with E-state index in [1.165, 1.54) is 7.11 Å². The lowest BCUT2D eigenvalue weighted by molar-refractivity contribution is -0.139. The van der Waals surface area contributed by atoms with Gasteiger partial charge in [0.25, 0.3) is 0 Å². The summed E-state index contributed by atoms with van der Waals surface area (Å²) in [7, 11) is 1.52. The number of carboxylic acids is 1. The third kappa shape index (κ3) is 6.97. The molecule has 1 aromatic rings. The number of aliphatic hydroxyl groups is 1. The van der Waals surface area contributed by atoms with Crippen LogP contribution in [0, 0.1) is 0 Å². The molecule has 3 N–H and O–H groups in total. The summed E-state index contributed by atoms with van der Waals surface area (Å²) in [6.07, 6.45) is 2.87. The highest BCUT2D eigenvalue weighted by atomic mass is 16.5. The van der Waals surface area contributed by atoms with Crippen LogP contribution >= 0.6 is 0 Å². The van der Waals surface area contributed by atoms with Crippen molar-refractivity contribution in [2.24, 2.45) is 0 Å². The monoisotopic (exact) mass is 297 g/mol. The molecule has 21 heavy (non-hydrogen) atoms. The van der Waals surface area contributed by atoms with Gasteiger partial charge < -0.3 is 25.0 Å². The summed E-state index contributed by atoms with van der Waals surface area (Å²) in [6.45, 7) is 1.45. The number of nitrogens with one attached hydrogen (secondary N) is 1. The number of ether oxygens (including phenoxy) is 2. The average molecular weight is 297 g/mol. The molecule has 0 saturated carbocycles. The average Bonchev–Trinajstić information content (AvgIpc) is 2.49. The Hall–Kier alpha value is -1.79. The standard InChI is InChI=1S/C15H23NO5/c1-20-14-9-12(10-16-7-3-2-4-8-17)5-6-13(14)21-11-15(18)19/h5-6,9,16-17H,2-4,7-8,10-11H2,1H3,(H,18,19). The molecule has 0 spiro atoms. The molecule has 0 atom stereocenters. The first-order chi connectivity index (χ1) is 10.2. The summed E-state index contributed by atoms with van der Waals surface area (Å²) in [5, 5.41) is 20.6. The molecule has 6 heteroatoms. The van der Waals surface area contributed by atoms with Crippen LogP contribution in [0.2, 0.25) is 0 Å². The molecule has 0 aliphatic heterocycles. The molecule has 1 aromatic carbocycles. The molecule has 0 bridgehead atoms. The number of hydrogen-bond acceptors (Lipinski definition) is 5. The van der Waals surface area contributed by atoms with E-state index in [-0.39, 0.29) is 6.61 Å². The maximum atomic E-state index is 10.5. The quantitative estimate of drug-likeness (QED) is 0.535. The van der Waals surface area contributed by atoms with Crippen molar-refractivity contribution in [2.45, 2.75) is 25.8 Å². The lowest BCUT2D eigenvalue weighted by Crippen LogP contribution is -2.15. The van der Waals surface area contributed by atoms with Gasteiger partial charge in [0, 0.05) is 13.2 Å². The summed E-state index contributed by atoms with van der Waals surface area (Å²) < 4.78 is 10.3. The molecule has 0 radical (unpaired) electrons. The van der Waals surface area contributed by atoms with Crippen molar-refractivity contribution in [3.8, 4) is 11.5 Å². The first-order valence-electron chi connectivity index (χ1n) is 7.00. The SMILES string of the molecule is COc1cc(CNCCCCCO)ccc1OCC(=O)O. The van der Waals surface area contributed by atoms with Crippen molar-refractivity contribution < 1.29 is 24.5 Å². The largest absolute Gasteiger partial charge is 0.493 e. The van der Waals surface area contributed by atoms with Crippen molar-refractivity contribution in [3.05, 3.63) is 23.8 Å². The Morgan fingerprint density at radius 1 is 1.24 bits per heavy atom. The summed E-state index contributed by atoms with van der Waals surface area (Å²) in [5.41, 5.74) is 1.04. The third-order valence-corrected chi connectivity index (χ3v) is 2.92. The Balaban J connectivity index is 2.43. The van der Waals surface area contributed by atoms with E-state index < -0.39 is 12.6 Å². The molecule has 0 heterocycles. The molecule has 6 nitrogen and oxygen atoms in total. The topological polar surface area (TPSA) is 88.0 Å². The predicted molar refractivity (Wildman–Crippen MR) is 78.8 cm³/mol. The molecule has 0 fully saturated rings. The summed E-state index contributed by atoms with van der Waals surface area (Å²) in [6, 6.07) is 5.42. The van der Waals surface area contributed by atoms with Crippen LogP contribution in [0.5, 0.6) is 11.5 Å². The fourth-order valence-electron chi connectivity index (χ4n) is 1.85. The Kier molecular flexibility index (Phi) is 8.23. The molecule has 0 unspecified atom stereocenters. The number of benzene rings is 1. The Bertz CT molecular complexity index is 436. The van der Waals surface area contributed by atoms with E-state index in [1.807, 2.05) is 12.1 Å². The van der Waals surface area contributed by atoms with Crippen LogP contribution in [0.25, 0.3) is 0 Å². The van der Waals surface area contributed by atoms with Gasteiger partial charge in [0.05, 0.1) is 7.11 Å². The Morgan fingerprint density at radius 3 is 2.71 bits per heavy atom. The summed E-state index contributed by atoms with van der Waals surface area (Å²) >= 11 is 0. The molecule has 0 saturated heterocycles. The fraction of sp³-hybridized carbons (Fsp3) is 0.533. The van der Waals surface area contributed by atoms with Crippen LogP contribution in [0.3, 0.4) is 0 Å². The highest BCUT2D eigenvalue weighted by Gasteiger charge is 2.07. The number of hydrogen-bond donors (Lipinski definition) is 3. The number of carboxylic acid groups (broad SMARTS) is 1. The van der Waals surface area contributed by atoms with Gasteiger partial charge >= 0.3 is 5.97 Å². The maximum absolute atomic E-state index is 10.5. The second-order valence-electron chi connectivity index (χ2n) is 4.63. The van der Waals surface area contributed by atoms with Gasteiger partial charge in [-0.3, -0.25) is 0 Å². The molecular weight excluding hydrogens is 274 g/mol. The van der Waals surface area contributed by atoms with E-state index in [0.717, 1.165) is 31.4 Å². The minimum absolute atomic E-state index is 0.245. The zero-order chi connectivity index (χ0) is 15.5. The number of aliphatic hydroxyl groups excluding tert-OH is 1. The number of rotatable bonds is 11. The number of methoxy groups -OCH3 is 1. The first kappa shape index (κ1) is 17.3. The van der Waals surface area contributed by atoms with Gasteiger partial charge in [-0.05, 0) is 43.5 Å². The minimum atomic E-state index is -1.02. The van der Waals surface area contributed by atoms with E-state index in [2.05, 4.69) is 5.32 Å². The molecular formula is C15H23NO5. The molecule has 0 aromatic heterocycles. The fourth-order valence-corrected chi connectivity index (χ4v) is 1.85. The van der Waals surface area contributed by atoms with E-state index in [4.69, 9.17) is 19.7 Å². The van der Waals surface area contributed by atoms with Crippen LogP contribution in [-0.2, 0) is 11.3 Å². The summed E-state index contributed by atoms with van der Waals surface area (Å²) in [4.78, 5) is 10.5. The Labute approximate surface area is 124 Å². The van der Waals surface area contributed by atoms with Crippen molar-refractivity contribution in [1.82, 2.24) is 5.32 Å². The molecule has 0 aliphatic carbocycles. The molecule has 118 valence electrons. The van der Waals surface area contributed by atoms with Gasteiger partial charge in [-0.2, -0.15) is 0 Å². The molecule has 1 rings (SSSR count). The van der Waals surface area contributed by atoms with Gasteiger partial charge in [-0.1, -0.05) is 6.07 Å². The van der Waals surface area contributed by atoms with Crippen molar-refractivity contribution in [1.29, 1.82) is 0 Å². The number of unbranched alkanes of at least 4 members (excludes halogenated alkanes) is 2. The van der Waals surface area contributed by atoms with Crippen LogP contribution < -0.4 is 14.8 Å². The number of carbonyl (C=O) groups is 1. The zero-order valence-electron chi connectivity index (χ0n) is 12.3. The highest BCUT2D eigenvalue weighted by molar-refractivity contribution is 5.68. The van der Waals surface area contributed by atoms with E-state index in [1.54, 1.807) is 6.07 Å². The second kappa shape index (κ2) is 10.0. The third-order valence-electron chi connectivity index (χ3n) is 2.92. The molecule has 0 aliphatic rings. The first-order valence-corrected chi connectivity index (χ1v) is 7.00. The van der Waals surface area contributed by atoms with E-state index in [9.17, 15) is 4.79 Å². The summed E-state index contributed by atoms with van der Waals surface area (Å²) in [5.74, 6) is -0.0758. The highest BCUT2D eigenvalue weighted by Crippen LogP contribution is 2.27. The van der Waals surface area contributed by atoms with Crippen LogP contribution in [0.15, 0.2) is 18.2 Å². The van der Waals surface area contributed by atoms with Gasteiger partial charge in [0.1, 0.15) is 0 Å². The van der Waals surface area contributed by atoms with Crippen LogP contribution in [-0.4, -0.2) is 43.1 Å². The minimum Gasteiger partial charge on any atom is -0.493 e. The van der Waals surface area contributed by atoms with E-state index in [0.29, 0.717) is 18.0 Å². The second-order valence-corrected chi connectivity index (χ2v) is 4.63. The normalized spacial score (nSPS) is 10.4. The van der Waals surface area contributed by atoms with Crippen molar-refractivity contribution >= 4 is 5.97 Å². The maximum Gasteiger partial charge on any atom is 0.341 e. The predicted octanol–water partition coefficient (Wildman–Crippen LogP) is 1.41. The van der Waals surface area contributed by atoms with Crippen LogP contribution in [0.4, 0.5) is 0 Å². The van der Waals surface area contributed by atoms with Gasteiger partial charge in [0.15, 0.2) is 18.1 Å².